The average molecular weight is 154 g/mol. The summed E-state index contributed by atoms with van der Waals surface area (Å²) in [4.78, 5) is 0. The summed E-state index contributed by atoms with van der Waals surface area (Å²) in [7, 11) is 0. The molecule has 0 saturated heterocycles. The number of fused-ring (bicyclic) bond motifs is 1. The van der Waals surface area contributed by atoms with E-state index >= 15 is 0 Å². The van der Waals surface area contributed by atoms with Crippen LogP contribution in [0.25, 0.3) is 0 Å². The molecule has 0 spiro atoms. The van der Waals surface area contributed by atoms with Crippen LogP contribution in [0.2, 0.25) is 0 Å². The van der Waals surface area contributed by atoms with E-state index in [0.29, 0.717) is 0 Å². The van der Waals surface area contributed by atoms with E-state index in [1.165, 1.54) is 32.1 Å². The van der Waals surface area contributed by atoms with Crippen molar-refractivity contribution in [1.82, 2.24) is 0 Å². The molecule has 2 rings (SSSR count). The Balaban J connectivity index is 1.93. The van der Waals surface area contributed by atoms with Crippen LogP contribution in [0.5, 0.6) is 0 Å². The van der Waals surface area contributed by atoms with Crippen LogP contribution in [0.4, 0.5) is 0 Å². The Morgan fingerprint density at radius 1 is 0.818 bits per heavy atom. The van der Waals surface area contributed by atoms with Crippen LogP contribution in [0.15, 0.2) is 0 Å². The molecule has 0 aromatic heterocycles. The quantitative estimate of drug-likeness (QED) is 0.568. The van der Waals surface area contributed by atoms with Crippen molar-refractivity contribution in [3.05, 3.63) is 0 Å². The Morgan fingerprint density at radius 2 is 1.55 bits per heavy atom. The number of rotatable bonds is 0. The maximum atomic E-state index is 9.45. The lowest BCUT2D eigenvalue weighted by atomic mass is 9.70. The number of hydrogen-bond donors (Lipinski definition) is 1. The molecule has 11 heavy (non-hydrogen) atoms. The van der Waals surface area contributed by atoms with Gasteiger partial charge < -0.3 is 5.11 Å². The minimum atomic E-state index is 0.0364. The summed E-state index contributed by atoms with van der Waals surface area (Å²) in [5.74, 6) is 1.86. The Morgan fingerprint density at radius 3 is 2.36 bits per heavy atom. The Bertz CT molecular complexity index is 133. The molecule has 2 aliphatic rings. The van der Waals surface area contributed by atoms with Gasteiger partial charge in [-0.1, -0.05) is 25.7 Å². The van der Waals surface area contributed by atoms with Gasteiger partial charge in [0.05, 0.1) is 6.10 Å². The molecule has 0 bridgehead atoms. The van der Waals surface area contributed by atoms with Crippen LogP contribution in [0.1, 0.15) is 44.9 Å². The lowest BCUT2D eigenvalue weighted by Gasteiger charge is -2.37. The first-order valence-corrected chi connectivity index (χ1v) is 5.04. The van der Waals surface area contributed by atoms with Crippen molar-refractivity contribution in [3.63, 3.8) is 0 Å². The van der Waals surface area contributed by atoms with Gasteiger partial charge in [0.2, 0.25) is 0 Å². The summed E-state index contributed by atoms with van der Waals surface area (Å²) in [6.45, 7) is 0. The van der Waals surface area contributed by atoms with Gasteiger partial charge in [0.15, 0.2) is 0 Å². The van der Waals surface area contributed by atoms with Crippen molar-refractivity contribution in [2.75, 3.05) is 0 Å². The van der Waals surface area contributed by atoms with Gasteiger partial charge >= 0.3 is 0 Å². The molecule has 0 aromatic rings. The molecule has 0 amide bonds. The third kappa shape index (κ3) is 1.58. The molecule has 1 N–H and O–H groups in total. The summed E-state index contributed by atoms with van der Waals surface area (Å²) in [5, 5.41) is 9.45. The largest absolute Gasteiger partial charge is 0.393 e. The maximum absolute atomic E-state index is 9.45. The highest BCUT2D eigenvalue weighted by Gasteiger charge is 2.30. The Labute approximate surface area is 68.8 Å². The topological polar surface area (TPSA) is 20.2 Å². The predicted octanol–water partition coefficient (Wildman–Crippen LogP) is 2.34. The first-order chi connectivity index (χ1) is 5.36. The molecule has 1 nitrogen and oxygen atoms in total. The van der Waals surface area contributed by atoms with E-state index in [1.807, 2.05) is 0 Å². The first kappa shape index (κ1) is 7.60. The molecule has 0 heterocycles. The van der Waals surface area contributed by atoms with Gasteiger partial charge in [0.1, 0.15) is 0 Å². The van der Waals surface area contributed by atoms with Gasteiger partial charge in [-0.2, -0.15) is 0 Å². The molecule has 3 atom stereocenters. The van der Waals surface area contributed by atoms with Crippen molar-refractivity contribution < 1.29 is 5.11 Å². The molecule has 0 aliphatic heterocycles. The molecule has 1 heteroatoms. The van der Waals surface area contributed by atoms with Gasteiger partial charge in [0.25, 0.3) is 0 Å². The zero-order valence-corrected chi connectivity index (χ0v) is 7.13. The van der Waals surface area contributed by atoms with Crippen molar-refractivity contribution >= 4 is 0 Å². The van der Waals surface area contributed by atoms with Crippen molar-refractivity contribution in [3.8, 4) is 0 Å². The third-order valence-corrected chi connectivity index (χ3v) is 3.51. The van der Waals surface area contributed by atoms with Crippen molar-refractivity contribution in [2.45, 2.75) is 51.0 Å². The molecule has 64 valence electrons. The van der Waals surface area contributed by atoms with Gasteiger partial charge in [0, 0.05) is 0 Å². The number of hydrogen-bond acceptors (Lipinski definition) is 1. The summed E-state index contributed by atoms with van der Waals surface area (Å²) in [6.07, 6.45) is 9.19. The summed E-state index contributed by atoms with van der Waals surface area (Å²) >= 11 is 0. The summed E-state index contributed by atoms with van der Waals surface area (Å²) in [6, 6.07) is 0. The van der Waals surface area contributed by atoms with E-state index in [-0.39, 0.29) is 6.10 Å². The van der Waals surface area contributed by atoms with Gasteiger partial charge in [-0.3, -0.25) is 0 Å². The van der Waals surface area contributed by atoms with Crippen LogP contribution in [0.3, 0.4) is 0 Å². The van der Waals surface area contributed by atoms with Crippen LogP contribution in [0, 0.1) is 11.8 Å². The molecule has 0 radical (unpaired) electrons. The maximum Gasteiger partial charge on any atom is 0.0543 e. The summed E-state index contributed by atoms with van der Waals surface area (Å²) in [5.41, 5.74) is 0. The van der Waals surface area contributed by atoms with Gasteiger partial charge in [-0.15, -0.1) is 0 Å². The van der Waals surface area contributed by atoms with Crippen molar-refractivity contribution in [1.29, 1.82) is 0 Å². The minimum Gasteiger partial charge on any atom is -0.393 e. The molecular weight excluding hydrogens is 136 g/mol. The monoisotopic (exact) mass is 154 g/mol. The highest BCUT2D eigenvalue weighted by molar-refractivity contribution is 4.82. The summed E-state index contributed by atoms with van der Waals surface area (Å²) < 4.78 is 0. The average Bonchev–Trinajstić information content (AvgIpc) is 2.04. The highest BCUT2D eigenvalue weighted by Crippen LogP contribution is 2.40. The van der Waals surface area contributed by atoms with E-state index in [4.69, 9.17) is 0 Å². The lowest BCUT2D eigenvalue weighted by molar-refractivity contribution is 0.0491. The van der Waals surface area contributed by atoms with Crippen LogP contribution in [-0.2, 0) is 0 Å². The molecule has 1 unspecified atom stereocenters. The number of aliphatic hydroxyl groups excluding tert-OH is 1. The second-order valence-corrected chi connectivity index (χ2v) is 4.27. The predicted molar refractivity (Wildman–Crippen MR) is 45.3 cm³/mol. The molecule has 2 fully saturated rings. The normalized spacial score (nSPS) is 45.0. The fourth-order valence-corrected chi connectivity index (χ4v) is 2.85. The van der Waals surface area contributed by atoms with Crippen LogP contribution < -0.4 is 0 Å². The second kappa shape index (κ2) is 3.14. The van der Waals surface area contributed by atoms with E-state index in [9.17, 15) is 5.11 Å². The molecule has 0 aromatic carbocycles. The first-order valence-electron chi connectivity index (χ1n) is 5.04. The van der Waals surface area contributed by atoms with Gasteiger partial charge in [-0.25, -0.2) is 0 Å². The molecule has 2 saturated carbocycles. The molecular formula is C10H18O. The SMILES string of the molecule is O[C@@H]1CC[C@@H]2CCCCC2C1. The zero-order valence-electron chi connectivity index (χ0n) is 7.13. The standard InChI is InChI=1S/C10H18O/c11-10-6-5-8-3-1-2-4-9(8)7-10/h8-11H,1-7H2/t8-,9?,10+/m0/s1. The fourth-order valence-electron chi connectivity index (χ4n) is 2.85. The molecule has 2 aliphatic carbocycles. The van der Waals surface area contributed by atoms with E-state index in [2.05, 4.69) is 0 Å². The smallest absolute Gasteiger partial charge is 0.0543 e. The highest BCUT2D eigenvalue weighted by atomic mass is 16.3. The van der Waals surface area contributed by atoms with E-state index in [1.54, 1.807) is 0 Å². The van der Waals surface area contributed by atoms with E-state index in [0.717, 1.165) is 24.7 Å². The lowest BCUT2D eigenvalue weighted by Crippen LogP contribution is -2.29. The van der Waals surface area contributed by atoms with E-state index < -0.39 is 0 Å². The fraction of sp³-hybridized carbons (Fsp3) is 1.00. The van der Waals surface area contributed by atoms with Crippen molar-refractivity contribution in [2.24, 2.45) is 11.8 Å². The van der Waals surface area contributed by atoms with Gasteiger partial charge in [-0.05, 0) is 31.1 Å². The second-order valence-electron chi connectivity index (χ2n) is 4.27. The van der Waals surface area contributed by atoms with Crippen LogP contribution in [-0.4, -0.2) is 11.2 Å². The third-order valence-electron chi connectivity index (χ3n) is 3.51. The Kier molecular flexibility index (Phi) is 2.17. The zero-order chi connectivity index (χ0) is 7.68. The Hall–Kier alpha value is -0.0400. The minimum absolute atomic E-state index is 0.0364. The van der Waals surface area contributed by atoms with Crippen LogP contribution >= 0.6 is 0 Å². The number of aliphatic hydroxyl groups is 1.